The molecule has 0 bridgehead atoms. The Labute approximate surface area is 124 Å². The molecule has 0 spiro atoms. The van der Waals surface area contributed by atoms with E-state index in [-0.39, 0.29) is 5.91 Å². The van der Waals surface area contributed by atoms with Crippen molar-refractivity contribution in [2.45, 2.75) is 78.8 Å². The number of likely N-dealkylation sites (N-methyl/N-ethyl adjacent to an activating group) is 1. The van der Waals surface area contributed by atoms with Gasteiger partial charge in [0.1, 0.15) is 0 Å². The minimum atomic E-state index is 0.288. The number of rotatable bonds is 5. The highest BCUT2D eigenvalue weighted by Gasteiger charge is 2.38. The molecule has 0 aromatic heterocycles. The molecule has 0 radical (unpaired) electrons. The maximum Gasteiger partial charge on any atom is 0.236 e. The molecule has 2 aliphatic rings. The quantitative estimate of drug-likeness (QED) is 0.839. The van der Waals surface area contributed by atoms with Gasteiger partial charge >= 0.3 is 0 Å². The van der Waals surface area contributed by atoms with Crippen molar-refractivity contribution in [3.8, 4) is 0 Å². The van der Waals surface area contributed by atoms with Gasteiger partial charge < -0.3 is 10.2 Å². The van der Waals surface area contributed by atoms with Gasteiger partial charge in [0.15, 0.2) is 0 Å². The highest BCUT2D eigenvalue weighted by Crippen LogP contribution is 2.45. The molecule has 1 amide bonds. The van der Waals surface area contributed by atoms with Gasteiger partial charge in [0, 0.05) is 18.6 Å². The third-order valence-electron chi connectivity index (χ3n) is 4.75. The van der Waals surface area contributed by atoms with Crippen LogP contribution in [0.1, 0.15) is 66.7 Å². The predicted octanol–water partition coefficient (Wildman–Crippen LogP) is 3.19. The van der Waals surface area contributed by atoms with Gasteiger partial charge in [-0.05, 0) is 49.9 Å². The average Bonchev–Trinajstić information content (AvgIpc) is 3.07. The largest absolute Gasteiger partial charge is 0.339 e. The van der Waals surface area contributed by atoms with Crippen molar-refractivity contribution in [1.29, 1.82) is 0 Å². The number of carbonyl (C=O) groups is 1. The summed E-state index contributed by atoms with van der Waals surface area (Å²) >= 11 is 0. The second kappa shape index (κ2) is 5.67. The second-order valence-corrected chi connectivity index (χ2v) is 8.40. The lowest BCUT2D eigenvalue weighted by atomic mass is 9.63. The lowest BCUT2D eigenvalue weighted by molar-refractivity contribution is -0.130. The van der Waals surface area contributed by atoms with E-state index in [1.165, 1.54) is 32.1 Å². The summed E-state index contributed by atoms with van der Waals surface area (Å²) in [6, 6.07) is 1.02. The van der Waals surface area contributed by atoms with Crippen LogP contribution in [0.4, 0.5) is 0 Å². The Bertz CT molecular complexity index is 342. The molecule has 2 saturated carbocycles. The summed E-state index contributed by atoms with van der Waals surface area (Å²) in [7, 11) is 0. The molecule has 116 valence electrons. The molecule has 2 aliphatic carbocycles. The van der Waals surface area contributed by atoms with Crippen molar-refractivity contribution in [3.05, 3.63) is 0 Å². The number of carbonyl (C=O) groups excluding carboxylic acids is 1. The molecule has 0 aliphatic heterocycles. The first-order valence-corrected chi connectivity index (χ1v) is 8.25. The molecule has 3 heteroatoms. The molecule has 0 aromatic carbocycles. The van der Waals surface area contributed by atoms with Crippen LogP contribution in [-0.2, 0) is 4.79 Å². The van der Waals surface area contributed by atoms with E-state index in [9.17, 15) is 4.79 Å². The second-order valence-electron chi connectivity index (χ2n) is 8.40. The molecule has 3 nitrogen and oxygen atoms in total. The molecule has 2 fully saturated rings. The van der Waals surface area contributed by atoms with Gasteiger partial charge in [-0.15, -0.1) is 0 Å². The Kier molecular flexibility index (Phi) is 4.48. The van der Waals surface area contributed by atoms with Crippen molar-refractivity contribution >= 4 is 5.91 Å². The summed E-state index contributed by atoms with van der Waals surface area (Å²) < 4.78 is 0. The van der Waals surface area contributed by atoms with E-state index in [1.54, 1.807) is 0 Å². The van der Waals surface area contributed by atoms with E-state index in [4.69, 9.17) is 0 Å². The molecular weight excluding hydrogens is 248 g/mol. The predicted molar refractivity (Wildman–Crippen MR) is 83.6 cm³/mol. The third-order valence-corrected chi connectivity index (χ3v) is 4.75. The van der Waals surface area contributed by atoms with Gasteiger partial charge in [-0.3, -0.25) is 4.79 Å². The van der Waals surface area contributed by atoms with Crippen LogP contribution in [0.2, 0.25) is 0 Å². The Balaban J connectivity index is 1.85. The van der Waals surface area contributed by atoms with Crippen molar-refractivity contribution in [1.82, 2.24) is 10.2 Å². The highest BCUT2D eigenvalue weighted by molar-refractivity contribution is 5.78. The monoisotopic (exact) mass is 280 g/mol. The van der Waals surface area contributed by atoms with Crippen molar-refractivity contribution in [2.75, 3.05) is 13.1 Å². The Morgan fingerprint density at radius 3 is 2.15 bits per heavy atom. The molecule has 0 saturated heterocycles. The maximum absolute atomic E-state index is 12.3. The Morgan fingerprint density at radius 2 is 1.70 bits per heavy atom. The smallest absolute Gasteiger partial charge is 0.236 e. The van der Waals surface area contributed by atoms with Gasteiger partial charge in [-0.1, -0.05) is 27.7 Å². The fraction of sp³-hybridized carbons (Fsp3) is 0.941. The van der Waals surface area contributed by atoms with Gasteiger partial charge in [0.2, 0.25) is 5.91 Å². The summed E-state index contributed by atoms with van der Waals surface area (Å²) in [5.74, 6) is 0.288. The van der Waals surface area contributed by atoms with Gasteiger partial charge in [0.05, 0.1) is 6.54 Å². The summed E-state index contributed by atoms with van der Waals surface area (Å²) in [6.07, 6.45) is 6.03. The molecule has 0 unspecified atom stereocenters. The summed E-state index contributed by atoms with van der Waals surface area (Å²) in [4.78, 5) is 14.3. The zero-order chi connectivity index (χ0) is 15.0. The standard InChI is InChI=1S/C17H32N2O/c1-6-19(14-7-8-14)15(20)11-18-13-9-16(2,3)12-17(4,5)10-13/h13-14,18H,6-12H2,1-5H3. The van der Waals surface area contributed by atoms with E-state index in [1.807, 2.05) is 4.90 Å². The maximum atomic E-state index is 12.3. The fourth-order valence-corrected chi connectivity index (χ4v) is 4.35. The molecular formula is C17H32N2O. The van der Waals surface area contributed by atoms with Crippen molar-refractivity contribution in [2.24, 2.45) is 10.8 Å². The fourth-order valence-electron chi connectivity index (χ4n) is 4.35. The van der Waals surface area contributed by atoms with Crippen LogP contribution in [0.3, 0.4) is 0 Å². The van der Waals surface area contributed by atoms with E-state index in [2.05, 4.69) is 39.9 Å². The zero-order valence-corrected chi connectivity index (χ0v) is 14.0. The van der Waals surface area contributed by atoms with Crippen LogP contribution in [-0.4, -0.2) is 36.0 Å². The first-order valence-electron chi connectivity index (χ1n) is 8.25. The summed E-state index contributed by atoms with van der Waals surface area (Å²) in [5.41, 5.74) is 0.757. The normalized spacial score (nSPS) is 25.4. The number of amides is 1. The van der Waals surface area contributed by atoms with E-state index < -0.39 is 0 Å². The molecule has 0 aromatic rings. The van der Waals surface area contributed by atoms with Gasteiger partial charge in [-0.2, -0.15) is 0 Å². The van der Waals surface area contributed by atoms with Crippen LogP contribution in [0.25, 0.3) is 0 Å². The number of hydrogen-bond donors (Lipinski definition) is 1. The van der Waals surface area contributed by atoms with Crippen LogP contribution >= 0.6 is 0 Å². The first kappa shape index (κ1) is 15.8. The SMILES string of the molecule is CCN(C(=O)CNC1CC(C)(C)CC(C)(C)C1)C1CC1. The summed E-state index contributed by atoms with van der Waals surface area (Å²) in [6.45, 7) is 12.9. The lowest BCUT2D eigenvalue weighted by Crippen LogP contribution is -2.48. The van der Waals surface area contributed by atoms with E-state index in [0.29, 0.717) is 29.5 Å². The molecule has 1 N–H and O–H groups in total. The third kappa shape index (κ3) is 4.21. The van der Waals surface area contributed by atoms with Crippen molar-refractivity contribution < 1.29 is 4.79 Å². The van der Waals surface area contributed by atoms with E-state index >= 15 is 0 Å². The van der Waals surface area contributed by atoms with Crippen LogP contribution < -0.4 is 5.32 Å². The Hall–Kier alpha value is -0.570. The molecule has 0 atom stereocenters. The van der Waals surface area contributed by atoms with E-state index in [0.717, 1.165) is 6.54 Å². The molecule has 20 heavy (non-hydrogen) atoms. The molecule has 2 rings (SSSR count). The van der Waals surface area contributed by atoms with Crippen LogP contribution in [0.15, 0.2) is 0 Å². The van der Waals surface area contributed by atoms with Crippen molar-refractivity contribution in [3.63, 3.8) is 0 Å². The average molecular weight is 280 g/mol. The highest BCUT2D eigenvalue weighted by atomic mass is 16.2. The minimum Gasteiger partial charge on any atom is -0.339 e. The summed E-state index contributed by atoms with van der Waals surface area (Å²) in [5, 5.41) is 3.54. The first-order chi connectivity index (χ1) is 9.22. The topological polar surface area (TPSA) is 32.3 Å². The number of nitrogens with zero attached hydrogens (tertiary/aromatic N) is 1. The zero-order valence-electron chi connectivity index (χ0n) is 14.0. The van der Waals surface area contributed by atoms with Crippen LogP contribution in [0, 0.1) is 10.8 Å². The Morgan fingerprint density at radius 1 is 1.15 bits per heavy atom. The van der Waals surface area contributed by atoms with Gasteiger partial charge in [-0.25, -0.2) is 0 Å². The molecule has 0 heterocycles. The lowest BCUT2D eigenvalue weighted by Gasteiger charge is -2.45. The van der Waals surface area contributed by atoms with Gasteiger partial charge in [0.25, 0.3) is 0 Å². The number of nitrogens with one attached hydrogen (secondary N) is 1. The minimum absolute atomic E-state index is 0.288. The number of hydrogen-bond acceptors (Lipinski definition) is 2. The van der Waals surface area contributed by atoms with Crippen LogP contribution in [0.5, 0.6) is 0 Å².